The molecule has 0 aliphatic rings. The van der Waals surface area contributed by atoms with E-state index in [0.717, 1.165) is 161 Å². The third kappa shape index (κ3) is 78.3. The molecular formula is C85H144O16P2. The highest BCUT2D eigenvalue weighted by Crippen LogP contribution is 2.45. The number of aliphatic hydroxyl groups is 2. The molecule has 0 aromatic heterocycles. The Morgan fingerprint density at radius 1 is 0.282 bits per heavy atom. The molecule has 4 N–H and O–H groups in total. The number of unbranched alkanes of at least 4 members (excludes halogenated alkanes) is 28. The van der Waals surface area contributed by atoms with Crippen LogP contribution < -0.4 is 0 Å². The number of carbonyl (C=O) groups is 3. The molecule has 5 unspecified atom stereocenters. The fourth-order valence-corrected chi connectivity index (χ4v) is 12.1. The largest absolute Gasteiger partial charge is 0.472 e. The topological polar surface area (TPSA) is 231 Å². The molecule has 0 spiro atoms. The Morgan fingerprint density at radius 3 is 0.825 bits per heavy atom. The second kappa shape index (κ2) is 77.1. The van der Waals surface area contributed by atoms with Crippen LogP contribution in [0, 0.1) is 0 Å². The number of allylic oxidation sites excluding steroid dienone is 24. The lowest BCUT2D eigenvalue weighted by atomic mass is 10.0. The lowest BCUT2D eigenvalue weighted by Crippen LogP contribution is -2.30. The number of aliphatic hydroxyl groups excluding tert-OH is 2. The fraction of sp³-hybridized carbons (Fsp3) is 0.682. The number of rotatable bonds is 75. The molecular weight excluding hydrogens is 1340 g/mol. The Kier molecular flexibility index (Phi) is 73.6. The van der Waals surface area contributed by atoms with Gasteiger partial charge in [-0.2, -0.15) is 0 Å². The number of carbonyl (C=O) groups excluding carboxylic acids is 3. The first-order valence-corrected chi connectivity index (χ1v) is 43.1. The highest BCUT2D eigenvalue weighted by molar-refractivity contribution is 7.47. The van der Waals surface area contributed by atoms with E-state index in [1.165, 1.54) is 96.3 Å². The second-order valence-corrected chi connectivity index (χ2v) is 29.4. The molecule has 0 heterocycles. The van der Waals surface area contributed by atoms with Crippen molar-refractivity contribution in [1.29, 1.82) is 0 Å². The van der Waals surface area contributed by atoms with Gasteiger partial charge in [-0.05, 0) is 141 Å². The summed E-state index contributed by atoms with van der Waals surface area (Å²) in [5.74, 6) is -1.61. The summed E-state index contributed by atoms with van der Waals surface area (Å²) in [5.41, 5.74) is 0. The molecule has 103 heavy (non-hydrogen) atoms. The zero-order valence-corrected chi connectivity index (χ0v) is 66.2. The van der Waals surface area contributed by atoms with Crippen LogP contribution in [0.5, 0.6) is 0 Å². The minimum absolute atomic E-state index is 0.0856. The zero-order chi connectivity index (χ0) is 75.2. The molecule has 0 rings (SSSR count). The first-order valence-electron chi connectivity index (χ1n) is 40.1. The quantitative estimate of drug-likeness (QED) is 0.0146. The van der Waals surface area contributed by atoms with E-state index in [9.17, 15) is 43.5 Å². The van der Waals surface area contributed by atoms with Crippen molar-refractivity contribution >= 4 is 33.6 Å². The van der Waals surface area contributed by atoms with Crippen LogP contribution in [0.4, 0.5) is 0 Å². The summed E-state index contributed by atoms with van der Waals surface area (Å²) in [6.45, 7) is 2.42. The molecule has 0 aliphatic carbocycles. The predicted molar refractivity (Wildman–Crippen MR) is 426 cm³/mol. The summed E-state index contributed by atoms with van der Waals surface area (Å²) in [5, 5.41) is 20.6. The average molecular weight is 1480 g/mol. The first-order chi connectivity index (χ1) is 50.2. The van der Waals surface area contributed by atoms with Gasteiger partial charge in [-0.15, -0.1) is 0 Å². The summed E-state index contributed by atoms with van der Waals surface area (Å²) in [7, 11) is -9.80. The smallest absolute Gasteiger partial charge is 0.463 e. The average Bonchev–Trinajstić information content (AvgIpc) is 0.917. The van der Waals surface area contributed by atoms with Crippen LogP contribution in [0.1, 0.15) is 316 Å². The van der Waals surface area contributed by atoms with Gasteiger partial charge in [0.15, 0.2) is 6.10 Å². The predicted octanol–water partition coefficient (Wildman–Crippen LogP) is 23.7. The van der Waals surface area contributed by atoms with Gasteiger partial charge in [-0.25, -0.2) is 9.13 Å². The van der Waals surface area contributed by atoms with E-state index in [0.29, 0.717) is 19.3 Å². The van der Waals surface area contributed by atoms with Gasteiger partial charge in [-0.3, -0.25) is 32.5 Å². The number of phosphoric ester groups is 2. The maximum Gasteiger partial charge on any atom is 0.472 e. The van der Waals surface area contributed by atoms with Gasteiger partial charge in [-0.1, -0.05) is 301 Å². The van der Waals surface area contributed by atoms with Crippen LogP contribution in [-0.4, -0.2) is 95.9 Å². The van der Waals surface area contributed by atoms with Crippen molar-refractivity contribution in [2.24, 2.45) is 0 Å². The molecule has 18 heteroatoms. The molecule has 590 valence electrons. The first kappa shape index (κ1) is 98.4. The van der Waals surface area contributed by atoms with Crippen molar-refractivity contribution in [3.63, 3.8) is 0 Å². The zero-order valence-electron chi connectivity index (χ0n) is 64.4. The van der Waals surface area contributed by atoms with E-state index >= 15 is 0 Å². The Labute approximate surface area is 626 Å². The van der Waals surface area contributed by atoms with Crippen molar-refractivity contribution in [1.82, 2.24) is 0 Å². The second-order valence-electron chi connectivity index (χ2n) is 26.5. The van der Waals surface area contributed by atoms with Crippen LogP contribution in [0.15, 0.2) is 146 Å². The highest BCUT2D eigenvalue weighted by atomic mass is 31.2. The van der Waals surface area contributed by atoms with E-state index in [1.54, 1.807) is 0 Å². The number of hydrogen-bond acceptors (Lipinski definition) is 14. The minimum atomic E-state index is -4.94. The third-order valence-electron chi connectivity index (χ3n) is 16.5. The SMILES string of the molecule is CC/C=C\C/C=C\C/C=C\C/C=C\C/C=C\C/C=C\CCCCCCC(=O)OCC(COP(=O)(O)OCC(O)COP(=O)(O)OCC(O)COC(=O)CCCCCCCCCCCCCCC/C=C\C/C=C\C/C=C\C/C=C\C/C=C\CC)OC(=O)CCCCCCC/C=C\CCCCCCCC. The molecule has 0 bridgehead atoms. The number of esters is 3. The Hall–Kier alpha value is -4.57. The molecule has 0 fully saturated rings. The summed E-state index contributed by atoms with van der Waals surface area (Å²) in [6.07, 6.45) is 94.6. The Morgan fingerprint density at radius 2 is 0.515 bits per heavy atom. The third-order valence-corrected chi connectivity index (χ3v) is 18.4. The molecule has 0 aromatic carbocycles. The molecule has 0 amide bonds. The number of hydrogen-bond donors (Lipinski definition) is 4. The van der Waals surface area contributed by atoms with Crippen molar-refractivity contribution in [2.45, 2.75) is 334 Å². The van der Waals surface area contributed by atoms with Crippen LogP contribution in [0.25, 0.3) is 0 Å². The molecule has 0 aliphatic heterocycles. The van der Waals surface area contributed by atoms with Crippen molar-refractivity contribution in [3.8, 4) is 0 Å². The lowest BCUT2D eigenvalue weighted by Gasteiger charge is -2.21. The van der Waals surface area contributed by atoms with Crippen LogP contribution in [0.2, 0.25) is 0 Å². The van der Waals surface area contributed by atoms with Gasteiger partial charge < -0.3 is 34.2 Å². The molecule has 16 nitrogen and oxygen atoms in total. The molecule has 0 radical (unpaired) electrons. The minimum Gasteiger partial charge on any atom is -0.463 e. The maximum atomic E-state index is 13.0. The number of phosphoric acid groups is 2. The summed E-state index contributed by atoms with van der Waals surface area (Å²) >= 11 is 0. The van der Waals surface area contributed by atoms with Crippen molar-refractivity contribution in [2.75, 3.05) is 39.6 Å². The Bertz CT molecular complexity index is 2450. The maximum absolute atomic E-state index is 13.0. The van der Waals surface area contributed by atoms with Gasteiger partial charge in [0.1, 0.15) is 25.4 Å². The summed E-state index contributed by atoms with van der Waals surface area (Å²) in [6, 6.07) is 0. The van der Waals surface area contributed by atoms with E-state index in [-0.39, 0.29) is 19.3 Å². The van der Waals surface area contributed by atoms with Crippen LogP contribution in [0.3, 0.4) is 0 Å². The van der Waals surface area contributed by atoms with Gasteiger partial charge in [0, 0.05) is 19.3 Å². The standard InChI is InChI=1S/C85H144O16P2/c1-4-7-10-13-16-19-22-25-28-30-32-34-36-37-38-39-40-41-43-45-46-48-51-53-56-59-62-65-68-71-83(88)95-74-80(86)75-97-102(91,92)98-76-81(87)77-99-103(93,94)100-79-82(101-85(90)73-70-67-64-61-58-55-50-27-24-21-18-15-12-9-6-3)78-96-84(89)72-69-66-63-60-57-54-52-49-47-44-42-35-33-31-29-26-23-20-17-14-11-8-5-2/h7-8,10-11,16-17,19-20,25-29,32-35,37-38,44,47,50,52,54,80-82,86-87H,4-6,9,12-15,18,21-24,30-31,36,39-43,45-46,48-49,51,53,55-79H2,1-3H3,(H,91,92)(H,93,94)/b10-7-,11-8-,19-16-,20-17-,28-25-,29-26-,34-32-,35-33-,38-37-,47-44-,50-27-,54-52-. The highest BCUT2D eigenvalue weighted by Gasteiger charge is 2.29. The summed E-state index contributed by atoms with van der Waals surface area (Å²) in [4.78, 5) is 58.7. The van der Waals surface area contributed by atoms with Crippen molar-refractivity contribution < 1.29 is 75.8 Å². The van der Waals surface area contributed by atoms with Gasteiger partial charge in [0.2, 0.25) is 0 Å². The monoisotopic (exact) mass is 1480 g/mol. The molecule has 0 aromatic rings. The van der Waals surface area contributed by atoms with Crippen molar-refractivity contribution in [3.05, 3.63) is 146 Å². The lowest BCUT2D eigenvalue weighted by molar-refractivity contribution is -0.161. The Balaban J connectivity index is 4.57. The van der Waals surface area contributed by atoms with E-state index in [2.05, 4.69) is 167 Å². The van der Waals surface area contributed by atoms with E-state index in [1.807, 2.05) is 0 Å². The molecule has 0 saturated heterocycles. The van der Waals surface area contributed by atoms with Gasteiger partial charge >= 0.3 is 33.6 Å². The fourth-order valence-electron chi connectivity index (χ4n) is 10.5. The van der Waals surface area contributed by atoms with Gasteiger partial charge in [0.05, 0.1) is 26.4 Å². The van der Waals surface area contributed by atoms with Crippen LogP contribution >= 0.6 is 15.6 Å². The normalized spacial score (nSPS) is 14.7. The van der Waals surface area contributed by atoms with Gasteiger partial charge in [0.25, 0.3) is 0 Å². The molecule has 5 atom stereocenters. The number of ether oxygens (including phenoxy) is 3. The molecule has 0 saturated carbocycles. The van der Waals surface area contributed by atoms with E-state index < -0.39 is 91.5 Å². The summed E-state index contributed by atoms with van der Waals surface area (Å²) < 4.78 is 61.1. The van der Waals surface area contributed by atoms with Crippen LogP contribution in [-0.2, 0) is 55.8 Å². The van der Waals surface area contributed by atoms with E-state index in [4.69, 9.17) is 32.3 Å².